The Morgan fingerprint density at radius 1 is 1.16 bits per heavy atom. The molecule has 242 valence electrons. The molecule has 0 aliphatic carbocycles. The van der Waals surface area contributed by atoms with Crippen LogP contribution in [0, 0.1) is 11.9 Å². The number of pyridine rings is 2. The second-order valence-corrected chi connectivity index (χ2v) is 15.6. The molecule has 0 saturated carbocycles. The zero-order valence-corrected chi connectivity index (χ0v) is 27.8. The van der Waals surface area contributed by atoms with Gasteiger partial charge in [0.25, 0.3) is 15.9 Å². The minimum Gasteiger partial charge on any atom is -0.444 e. The molecule has 2 atom stereocenters. The molecule has 10 nitrogen and oxygen atoms in total. The molecule has 44 heavy (non-hydrogen) atoms. The van der Waals surface area contributed by atoms with Crippen molar-refractivity contribution >= 4 is 27.8 Å². The van der Waals surface area contributed by atoms with Crippen LogP contribution in [0.5, 0.6) is 0 Å². The minimum atomic E-state index is -4.41. The Labute approximate surface area is 260 Å². The molecular formula is C32H46FN5O5S. The largest absolute Gasteiger partial charge is 0.444 e. The summed E-state index contributed by atoms with van der Waals surface area (Å²) < 4.78 is 48.2. The van der Waals surface area contributed by atoms with Crippen LogP contribution in [0.1, 0.15) is 97.1 Å². The molecule has 3 rings (SSSR count). The number of anilines is 1. The Kier molecular flexibility index (Phi) is 10.5. The maximum Gasteiger partial charge on any atom is 0.410 e. The number of carbonyl (C=O) groups excluding carboxylic acids is 2. The SMILES string of the molecule is C=CC[C@H](CC[C@@H]1CN(C(=O)OC(C)(C)C)C(C)(C)C1)Nc1cccc(S(=O)(=O)NC(=O)c2ccc(C(C)(C)C)nc2F)n1. The van der Waals surface area contributed by atoms with Gasteiger partial charge in [-0.15, -0.1) is 6.58 Å². The smallest absolute Gasteiger partial charge is 0.410 e. The van der Waals surface area contributed by atoms with Crippen LogP contribution in [0.15, 0.2) is 48.0 Å². The maximum absolute atomic E-state index is 14.6. The topological polar surface area (TPSA) is 131 Å². The maximum atomic E-state index is 14.6. The fraction of sp³-hybridized carbons (Fsp3) is 0.562. The summed E-state index contributed by atoms with van der Waals surface area (Å²) in [5.41, 5.74) is -1.41. The molecule has 3 heterocycles. The molecule has 2 aromatic heterocycles. The van der Waals surface area contributed by atoms with E-state index in [0.29, 0.717) is 24.5 Å². The molecule has 1 fully saturated rings. The number of amides is 2. The van der Waals surface area contributed by atoms with E-state index in [-0.39, 0.29) is 23.6 Å². The fourth-order valence-corrected chi connectivity index (χ4v) is 6.15. The summed E-state index contributed by atoms with van der Waals surface area (Å²) in [5, 5.41) is 2.89. The van der Waals surface area contributed by atoms with Crippen LogP contribution in [0.3, 0.4) is 0 Å². The molecule has 0 unspecified atom stereocenters. The quantitative estimate of drug-likeness (QED) is 0.234. The van der Waals surface area contributed by atoms with Gasteiger partial charge in [0.2, 0.25) is 5.95 Å². The normalized spacial score (nSPS) is 17.6. The summed E-state index contributed by atoms with van der Waals surface area (Å²) in [7, 11) is -4.41. The highest BCUT2D eigenvalue weighted by Crippen LogP contribution is 2.36. The van der Waals surface area contributed by atoms with Crippen molar-refractivity contribution in [1.29, 1.82) is 0 Å². The number of hydrogen-bond donors (Lipinski definition) is 2. The zero-order valence-electron chi connectivity index (χ0n) is 27.0. The van der Waals surface area contributed by atoms with Crippen molar-refractivity contribution in [3.8, 4) is 0 Å². The van der Waals surface area contributed by atoms with Crippen LogP contribution in [0.4, 0.5) is 15.0 Å². The van der Waals surface area contributed by atoms with Crippen LogP contribution in [0.2, 0.25) is 0 Å². The van der Waals surface area contributed by atoms with E-state index in [4.69, 9.17) is 4.74 Å². The first-order valence-electron chi connectivity index (χ1n) is 14.8. The van der Waals surface area contributed by atoms with Crippen molar-refractivity contribution in [3.63, 3.8) is 0 Å². The third kappa shape index (κ3) is 9.23. The van der Waals surface area contributed by atoms with E-state index in [1.165, 1.54) is 24.3 Å². The molecule has 1 aliphatic heterocycles. The number of likely N-dealkylation sites (tertiary alicyclic amines) is 1. The van der Waals surface area contributed by atoms with E-state index >= 15 is 0 Å². The van der Waals surface area contributed by atoms with Gasteiger partial charge in [-0.1, -0.05) is 32.9 Å². The summed E-state index contributed by atoms with van der Waals surface area (Å²) in [6, 6.07) is 7.01. The van der Waals surface area contributed by atoms with E-state index < -0.39 is 43.5 Å². The number of ether oxygens (including phenoxy) is 1. The molecule has 0 spiro atoms. The Morgan fingerprint density at radius 2 is 1.84 bits per heavy atom. The average Bonchev–Trinajstić information content (AvgIpc) is 3.20. The lowest BCUT2D eigenvalue weighted by Crippen LogP contribution is -2.45. The van der Waals surface area contributed by atoms with Crippen LogP contribution in [-0.2, 0) is 20.2 Å². The molecule has 0 radical (unpaired) electrons. The highest BCUT2D eigenvalue weighted by Gasteiger charge is 2.42. The van der Waals surface area contributed by atoms with Gasteiger partial charge in [0.1, 0.15) is 11.4 Å². The van der Waals surface area contributed by atoms with Crippen molar-refractivity contribution in [2.24, 2.45) is 5.92 Å². The van der Waals surface area contributed by atoms with Crippen molar-refractivity contribution < 1.29 is 27.1 Å². The molecule has 2 amide bonds. The number of rotatable bonds is 10. The fourth-order valence-electron chi connectivity index (χ4n) is 5.21. The van der Waals surface area contributed by atoms with Gasteiger partial charge in [0.05, 0.1) is 5.56 Å². The lowest BCUT2D eigenvalue weighted by Gasteiger charge is -2.33. The minimum absolute atomic E-state index is 0.104. The van der Waals surface area contributed by atoms with Gasteiger partial charge in [-0.25, -0.2) is 19.5 Å². The first kappa shape index (κ1) is 34.9. The molecule has 1 aliphatic rings. The van der Waals surface area contributed by atoms with E-state index in [0.717, 1.165) is 19.3 Å². The number of aromatic nitrogens is 2. The highest BCUT2D eigenvalue weighted by atomic mass is 32.2. The van der Waals surface area contributed by atoms with Crippen molar-refractivity contribution in [3.05, 3.63) is 60.2 Å². The molecule has 2 aromatic rings. The molecule has 12 heteroatoms. The number of sulfonamides is 1. The number of hydrogen-bond acceptors (Lipinski definition) is 8. The third-order valence-electron chi connectivity index (χ3n) is 7.39. The van der Waals surface area contributed by atoms with Crippen molar-refractivity contribution in [2.75, 3.05) is 11.9 Å². The summed E-state index contributed by atoms with van der Waals surface area (Å²) in [5.74, 6) is -1.63. The number of nitrogens with one attached hydrogen (secondary N) is 2. The second kappa shape index (κ2) is 13.2. The summed E-state index contributed by atoms with van der Waals surface area (Å²) >= 11 is 0. The van der Waals surface area contributed by atoms with Crippen molar-refractivity contribution in [1.82, 2.24) is 19.6 Å². The first-order valence-corrected chi connectivity index (χ1v) is 16.3. The Bertz CT molecular complexity index is 1480. The second-order valence-electron chi connectivity index (χ2n) is 14.0. The Balaban J connectivity index is 1.67. The van der Waals surface area contributed by atoms with E-state index in [1.54, 1.807) is 17.0 Å². The Morgan fingerprint density at radius 3 is 2.43 bits per heavy atom. The van der Waals surface area contributed by atoms with E-state index in [1.807, 2.05) is 60.1 Å². The Hall–Kier alpha value is -3.54. The molecular weight excluding hydrogens is 585 g/mol. The van der Waals surface area contributed by atoms with Gasteiger partial charge >= 0.3 is 6.09 Å². The van der Waals surface area contributed by atoms with Crippen LogP contribution in [-0.4, -0.2) is 59.0 Å². The highest BCUT2D eigenvalue weighted by molar-refractivity contribution is 7.90. The van der Waals surface area contributed by atoms with Gasteiger partial charge in [-0.05, 0) is 90.5 Å². The van der Waals surface area contributed by atoms with Crippen LogP contribution >= 0.6 is 0 Å². The summed E-state index contributed by atoms with van der Waals surface area (Å²) in [4.78, 5) is 35.4. The predicted octanol–water partition coefficient (Wildman–Crippen LogP) is 6.20. The van der Waals surface area contributed by atoms with Crippen LogP contribution in [0.25, 0.3) is 0 Å². The number of halogens is 1. The lowest BCUT2D eigenvalue weighted by atomic mass is 9.91. The molecule has 0 bridgehead atoms. The van der Waals surface area contributed by atoms with Gasteiger partial charge in [-0.2, -0.15) is 12.8 Å². The molecule has 2 N–H and O–H groups in total. The van der Waals surface area contributed by atoms with Gasteiger partial charge in [0, 0.05) is 29.2 Å². The van der Waals surface area contributed by atoms with E-state index in [2.05, 4.69) is 21.9 Å². The van der Waals surface area contributed by atoms with Gasteiger partial charge in [0.15, 0.2) is 5.03 Å². The number of nitrogens with zero attached hydrogens (tertiary/aromatic N) is 3. The first-order chi connectivity index (χ1) is 20.2. The van der Waals surface area contributed by atoms with E-state index in [9.17, 15) is 22.4 Å². The average molecular weight is 632 g/mol. The van der Waals surface area contributed by atoms with Crippen LogP contribution < -0.4 is 10.0 Å². The van der Waals surface area contributed by atoms with Crippen molar-refractivity contribution in [2.45, 2.75) is 109 Å². The predicted molar refractivity (Wildman–Crippen MR) is 168 cm³/mol. The summed E-state index contributed by atoms with van der Waals surface area (Å²) in [6.45, 7) is 19.6. The van der Waals surface area contributed by atoms with Gasteiger partial charge < -0.3 is 15.0 Å². The number of carbonyl (C=O) groups is 2. The molecule has 0 aromatic carbocycles. The van der Waals surface area contributed by atoms with Gasteiger partial charge in [-0.3, -0.25) is 4.79 Å². The summed E-state index contributed by atoms with van der Waals surface area (Å²) in [6.07, 6.45) is 4.42. The standard InChI is InChI=1S/C32H46FN5O5S/c1-10-12-22(16-15-21-19-32(8,9)38(20-21)29(40)43-31(5,6)7)34-25-13-11-14-26(36-25)44(41,42)37-28(39)23-17-18-24(30(2,3)4)35-27(23)33/h10-11,13-14,17-18,21-22H,1,12,15-16,19-20H2,2-9H3,(H,34,36)(H,37,39)/t21-,22+/m0/s1. The third-order valence-corrected chi connectivity index (χ3v) is 8.62. The monoisotopic (exact) mass is 631 g/mol. The zero-order chi connectivity index (χ0) is 33.1. The lowest BCUT2D eigenvalue weighted by molar-refractivity contribution is 0.0130. The molecule has 1 saturated heterocycles.